The van der Waals surface area contributed by atoms with Crippen LogP contribution in [0.1, 0.15) is 30.1 Å². The molecule has 0 saturated carbocycles. The third kappa shape index (κ3) is 3.97. The molecule has 1 aliphatic heterocycles. The maximum absolute atomic E-state index is 4.60. The second-order valence-corrected chi connectivity index (χ2v) is 6.18. The molecular weight excluding hydrogens is 316 g/mol. The van der Waals surface area contributed by atoms with E-state index in [0.29, 0.717) is 17.7 Å². The van der Waals surface area contributed by atoms with Crippen molar-refractivity contribution in [2.45, 2.75) is 25.3 Å². The lowest BCUT2D eigenvalue weighted by atomic mass is 9.95. The predicted molar refractivity (Wildman–Crippen MR) is 93.2 cm³/mol. The van der Waals surface area contributed by atoms with E-state index in [1.54, 1.807) is 30.9 Å². The van der Waals surface area contributed by atoms with E-state index in [4.69, 9.17) is 0 Å². The Kier molecular flexibility index (Phi) is 4.60. The van der Waals surface area contributed by atoms with Crippen LogP contribution in [-0.2, 0) is 6.54 Å². The van der Waals surface area contributed by atoms with E-state index < -0.39 is 0 Å². The Morgan fingerprint density at radius 3 is 2.80 bits per heavy atom. The molecule has 1 atom stereocenters. The van der Waals surface area contributed by atoms with Crippen molar-refractivity contribution in [1.82, 2.24) is 35.0 Å². The van der Waals surface area contributed by atoms with E-state index in [0.717, 1.165) is 37.4 Å². The third-order valence-electron chi connectivity index (χ3n) is 4.35. The number of hydrogen-bond donors (Lipinski definition) is 2. The third-order valence-corrected chi connectivity index (χ3v) is 4.35. The van der Waals surface area contributed by atoms with Gasteiger partial charge in [-0.1, -0.05) is 0 Å². The molecule has 8 heteroatoms. The molecule has 4 heterocycles. The molecule has 128 valence electrons. The van der Waals surface area contributed by atoms with Crippen molar-refractivity contribution < 1.29 is 0 Å². The van der Waals surface area contributed by atoms with Gasteiger partial charge in [0, 0.05) is 43.3 Å². The van der Waals surface area contributed by atoms with Crippen molar-refractivity contribution in [3.05, 3.63) is 54.5 Å². The highest BCUT2D eigenvalue weighted by molar-refractivity contribution is 5.45. The zero-order valence-corrected chi connectivity index (χ0v) is 13.8. The fourth-order valence-corrected chi connectivity index (χ4v) is 3.15. The standard InChI is InChI=1S/C17H20N8/c1-3-13(11-25(8-1)12-14-4-7-22-24-14)15-9-21-16(10-20-15)23-17-18-5-2-6-19-17/h2,4-7,9-10,13H,1,3,8,11-12H2,(H,22,24)(H,18,19,21,23). The van der Waals surface area contributed by atoms with E-state index in [9.17, 15) is 0 Å². The van der Waals surface area contributed by atoms with Gasteiger partial charge in [-0.2, -0.15) is 5.10 Å². The summed E-state index contributed by atoms with van der Waals surface area (Å²) in [5.41, 5.74) is 2.18. The quantitative estimate of drug-likeness (QED) is 0.736. The van der Waals surface area contributed by atoms with Gasteiger partial charge in [-0.3, -0.25) is 15.0 Å². The first-order chi connectivity index (χ1) is 12.4. The molecule has 0 bridgehead atoms. The number of aromatic nitrogens is 6. The second-order valence-electron chi connectivity index (χ2n) is 6.18. The highest BCUT2D eigenvalue weighted by Gasteiger charge is 2.23. The van der Waals surface area contributed by atoms with Gasteiger partial charge in [0.1, 0.15) is 0 Å². The van der Waals surface area contributed by atoms with Gasteiger partial charge < -0.3 is 5.32 Å². The van der Waals surface area contributed by atoms with Crippen LogP contribution in [0.25, 0.3) is 0 Å². The highest BCUT2D eigenvalue weighted by Crippen LogP contribution is 2.26. The van der Waals surface area contributed by atoms with Gasteiger partial charge in [-0.25, -0.2) is 15.0 Å². The van der Waals surface area contributed by atoms with Gasteiger partial charge in [-0.15, -0.1) is 0 Å². The molecule has 4 rings (SSSR count). The molecule has 8 nitrogen and oxygen atoms in total. The summed E-state index contributed by atoms with van der Waals surface area (Å²) in [4.78, 5) is 19.8. The van der Waals surface area contributed by atoms with E-state index in [-0.39, 0.29) is 0 Å². The summed E-state index contributed by atoms with van der Waals surface area (Å²) in [6.07, 6.45) is 11.1. The first kappa shape index (κ1) is 15.6. The van der Waals surface area contributed by atoms with E-state index in [2.05, 4.69) is 40.3 Å². The number of H-pyrrole nitrogens is 1. The van der Waals surface area contributed by atoms with Crippen molar-refractivity contribution >= 4 is 11.8 Å². The minimum atomic E-state index is 0.409. The molecule has 1 saturated heterocycles. The van der Waals surface area contributed by atoms with Gasteiger partial charge in [0.25, 0.3) is 0 Å². The van der Waals surface area contributed by atoms with Crippen molar-refractivity contribution in [3.63, 3.8) is 0 Å². The molecule has 1 aliphatic rings. The zero-order valence-electron chi connectivity index (χ0n) is 13.8. The zero-order chi connectivity index (χ0) is 16.9. The summed E-state index contributed by atoms with van der Waals surface area (Å²) in [6.45, 7) is 2.99. The Morgan fingerprint density at radius 2 is 2.04 bits per heavy atom. The van der Waals surface area contributed by atoms with Crippen molar-refractivity contribution in [2.75, 3.05) is 18.4 Å². The average Bonchev–Trinajstić information content (AvgIpc) is 3.16. The Morgan fingerprint density at radius 1 is 1.12 bits per heavy atom. The molecular formula is C17H20N8. The van der Waals surface area contributed by atoms with Gasteiger partial charge in [-0.05, 0) is 31.5 Å². The largest absolute Gasteiger partial charge is 0.307 e. The molecule has 0 amide bonds. The number of piperidine rings is 1. The second kappa shape index (κ2) is 7.35. The number of likely N-dealkylation sites (tertiary alicyclic amines) is 1. The van der Waals surface area contributed by atoms with E-state index in [1.807, 2.05) is 12.3 Å². The maximum Gasteiger partial charge on any atom is 0.228 e. The Bertz CT molecular complexity index is 772. The number of nitrogens with one attached hydrogen (secondary N) is 2. The van der Waals surface area contributed by atoms with Crippen LogP contribution in [-0.4, -0.2) is 48.1 Å². The van der Waals surface area contributed by atoms with Gasteiger partial charge in [0.05, 0.1) is 18.1 Å². The molecule has 0 aliphatic carbocycles. The molecule has 0 radical (unpaired) electrons. The topological polar surface area (TPSA) is 95.5 Å². The lowest BCUT2D eigenvalue weighted by Gasteiger charge is -2.31. The van der Waals surface area contributed by atoms with Crippen LogP contribution in [0.15, 0.2) is 43.1 Å². The van der Waals surface area contributed by atoms with E-state index in [1.165, 1.54) is 6.42 Å². The van der Waals surface area contributed by atoms with Crippen LogP contribution in [0.2, 0.25) is 0 Å². The van der Waals surface area contributed by atoms with Gasteiger partial charge in [0.2, 0.25) is 5.95 Å². The fourth-order valence-electron chi connectivity index (χ4n) is 3.15. The summed E-state index contributed by atoms with van der Waals surface area (Å²) >= 11 is 0. The molecule has 0 aromatic carbocycles. The Labute approximate surface area is 145 Å². The van der Waals surface area contributed by atoms with Crippen LogP contribution in [0.5, 0.6) is 0 Å². The summed E-state index contributed by atoms with van der Waals surface area (Å²) in [7, 11) is 0. The summed E-state index contributed by atoms with van der Waals surface area (Å²) in [5.74, 6) is 1.58. The first-order valence-corrected chi connectivity index (χ1v) is 8.43. The van der Waals surface area contributed by atoms with Gasteiger partial charge >= 0.3 is 0 Å². The summed E-state index contributed by atoms with van der Waals surface area (Å²) < 4.78 is 0. The van der Waals surface area contributed by atoms with Crippen LogP contribution in [0, 0.1) is 0 Å². The summed E-state index contributed by atoms with van der Waals surface area (Å²) in [6, 6.07) is 3.80. The van der Waals surface area contributed by atoms with E-state index >= 15 is 0 Å². The number of aromatic amines is 1. The van der Waals surface area contributed by atoms with Crippen molar-refractivity contribution in [2.24, 2.45) is 0 Å². The Balaban J connectivity index is 1.39. The Hall–Kier alpha value is -2.87. The van der Waals surface area contributed by atoms with Crippen molar-refractivity contribution in [3.8, 4) is 0 Å². The number of hydrogen-bond acceptors (Lipinski definition) is 7. The van der Waals surface area contributed by atoms with Crippen LogP contribution in [0.3, 0.4) is 0 Å². The molecule has 3 aromatic rings. The van der Waals surface area contributed by atoms with Crippen LogP contribution >= 0.6 is 0 Å². The number of nitrogens with zero attached hydrogens (tertiary/aromatic N) is 6. The lowest BCUT2D eigenvalue weighted by molar-refractivity contribution is 0.196. The minimum absolute atomic E-state index is 0.409. The van der Waals surface area contributed by atoms with Gasteiger partial charge in [0.15, 0.2) is 5.82 Å². The smallest absolute Gasteiger partial charge is 0.228 e. The van der Waals surface area contributed by atoms with Crippen molar-refractivity contribution in [1.29, 1.82) is 0 Å². The average molecular weight is 336 g/mol. The molecule has 25 heavy (non-hydrogen) atoms. The number of anilines is 2. The SMILES string of the molecule is c1cnc(Nc2cnc(C3CCCN(Cc4ccn[nH]4)C3)cn2)nc1. The molecule has 2 N–H and O–H groups in total. The monoisotopic (exact) mass is 336 g/mol. The highest BCUT2D eigenvalue weighted by atomic mass is 15.2. The normalized spacial score (nSPS) is 18.2. The predicted octanol–water partition coefficient (Wildman–Crippen LogP) is 2.11. The lowest BCUT2D eigenvalue weighted by Crippen LogP contribution is -2.34. The number of rotatable bonds is 5. The molecule has 1 fully saturated rings. The molecule has 0 spiro atoms. The maximum atomic E-state index is 4.60. The fraction of sp³-hybridized carbons (Fsp3) is 0.353. The molecule has 3 aromatic heterocycles. The minimum Gasteiger partial charge on any atom is -0.307 e. The first-order valence-electron chi connectivity index (χ1n) is 8.43. The molecule has 1 unspecified atom stereocenters. The van der Waals surface area contributed by atoms with Crippen LogP contribution in [0.4, 0.5) is 11.8 Å². The summed E-state index contributed by atoms with van der Waals surface area (Å²) in [5, 5.41) is 10.1. The van der Waals surface area contributed by atoms with Crippen LogP contribution < -0.4 is 5.32 Å².